The second kappa shape index (κ2) is 9.82. The molecule has 0 amide bonds. The van der Waals surface area contributed by atoms with Crippen LogP contribution in [0.4, 0.5) is 0 Å². The van der Waals surface area contributed by atoms with E-state index < -0.39 is 11.2 Å². The molecule has 31 heavy (non-hydrogen) atoms. The van der Waals surface area contributed by atoms with Crippen molar-refractivity contribution in [3.05, 3.63) is 68.9 Å². The highest BCUT2D eigenvalue weighted by atomic mass is 32.2. The van der Waals surface area contributed by atoms with Crippen molar-refractivity contribution >= 4 is 23.5 Å². The summed E-state index contributed by atoms with van der Waals surface area (Å²) in [7, 11) is 0. The van der Waals surface area contributed by atoms with Crippen molar-refractivity contribution in [3.8, 4) is 0 Å². The molecule has 0 saturated heterocycles. The number of hydrogen-bond acceptors (Lipinski definition) is 6. The quantitative estimate of drug-likeness (QED) is 0.299. The van der Waals surface area contributed by atoms with Crippen molar-refractivity contribution in [3.63, 3.8) is 0 Å². The molecule has 0 aliphatic heterocycles. The minimum absolute atomic E-state index is 0.175. The van der Waals surface area contributed by atoms with E-state index in [1.807, 2.05) is 30.3 Å². The molecule has 0 spiro atoms. The summed E-state index contributed by atoms with van der Waals surface area (Å²) in [5.74, 6) is -0.624. The average Bonchev–Trinajstić information content (AvgIpc) is 3.25. The largest absolute Gasteiger partial charge is 0.462 e. The smallest absolute Gasteiger partial charge is 0.343 e. The fraction of sp³-hybridized carbons (Fsp3) is 0.364. The predicted molar refractivity (Wildman–Crippen MR) is 119 cm³/mol. The van der Waals surface area contributed by atoms with Crippen LogP contribution in [-0.2, 0) is 17.7 Å². The Morgan fingerprint density at radius 1 is 1.23 bits per heavy atom. The lowest BCUT2D eigenvalue weighted by Crippen LogP contribution is -2.21. The summed E-state index contributed by atoms with van der Waals surface area (Å²) >= 11 is 1.21. The monoisotopic (exact) mass is 442 g/mol. The second-order valence-corrected chi connectivity index (χ2v) is 8.48. The maximum atomic E-state index is 13.1. The molecule has 0 saturated carbocycles. The molecular formula is C22H26N4O4S. The number of nitrogens with zero attached hydrogens (tertiary/aromatic N) is 2. The van der Waals surface area contributed by atoms with Gasteiger partial charge in [0.05, 0.1) is 23.1 Å². The van der Waals surface area contributed by atoms with Crippen molar-refractivity contribution in [2.45, 2.75) is 51.1 Å². The minimum atomic E-state index is -0.516. The highest BCUT2D eigenvalue weighted by molar-refractivity contribution is 8.00. The van der Waals surface area contributed by atoms with Gasteiger partial charge in [0.25, 0.3) is 0 Å². The maximum Gasteiger partial charge on any atom is 0.343 e. The molecule has 0 aliphatic rings. The molecule has 0 aliphatic carbocycles. The Morgan fingerprint density at radius 3 is 2.61 bits per heavy atom. The van der Waals surface area contributed by atoms with E-state index in [4.69, 9.17) is 4.74 Å². The second-order valence-electron chi connectivity index (χ2n) is 7.17. The summed E-state index contributed by atoms with van der Waals surface area (Å²) in [5.41, 5.74) is 2.72. The number of H-pyrrole nitrogens is 2. The van der Waals surface area contributed by atoms with Gasteiger partial charge < -0.3 is 9.72 Å². The van der Waals surface area contributed by atoms with Crippen LogP contribution >= 0.6 is 11.8 Å². The zero-order valence-corrected chi connectivity index (χ0v) is 18.8. The first kappa shape index (κ1) is 22.6. The van der Waals surface area contributed by atoms with Gasteiger partial charge >= 0.3 is 11.7 Å². The summed E-state index contributed by atoms with van der Waals surface area (Å²) in [6, 6.07) is 9.85. The van der Waals surface area contributed by atoms with Crippen molar-refractivity contribution in [1.82, 2.24) is 19.7 Å². The highest BCUT2D eigenvalue weighted by Crippen LogP contribution is 2.26. The number of carbonyl (C=O) groups is 2. The lowest BCUT2D eigenvalue weighted by Gasteiger charge is -2.11. The van der Waals surface area contributed by atoms with Gasteiger partial charge in [-0.25, -0.2) is 14.7 Å². The minimum Gasteiger partial charge on any atom is -0.462 e. The van der Waals surface area contributed by atoms with Crippen molar-refractivity contribution in [2.75, 3.05) is 6.61 Å². The van der Waals surface area contributed by atoms with E-state index in [1.165, 1.54) is 16.3 Å². The number of Topliss-reactive ketones (excluding diaryl/α,β-unsaturated/α-hetero) is 1. The molecule has 2 N–H and O–H groups in total. The number of thioether (sulfide) groups is 1. The van der Waals surface area contributed by atoms with Crippen LogP contribution in [0.5, 0.6) is 0 Å². The van der Waals surface area contributed by atoms with Crippen LogP contribution in [-0.4, -0.2) is 43.4 Å². The maximum absolute atomic E-state index is 13.1. The third-order valence-corrected chi connectivity index (χ3v) is 6.10. The fourth-order valence-corrected chi connectivity index (χ4v) is 4.34. The number of ketones is 1. The standard InChI is InChI=1S/C22H26N4O4S/c1-5-30-20(28)17-13(2)18(23-14(17)3)19(27)15(4)31-22-25-24-21(29)26(22)12-11-16-9-7-6-8-10-16/h6-10,15,23H,5,11-12H2,1-4H3,(H,24,29). The SMILES string of the molecule is CCOC(=O)c1c(C)[nH]c(C(=O)C(C)Sc2n[nH]c(=O)n2CCc2ccccc2)c1C. The lowest BCUT2D eigenvalue weighted by molar-refractivity contribution is 0.0525. The summed E-state index contributed by atoms with van der Waals surface area (Å²) in [6.07, 6.45) is 0.675. The number of aryl methyl sites for hydroxylation is 2. The van der Waals surface area contributed by atoms with Gasteiger partial charge in [0.2, 0.25) is 0 Å². The van der Waals surface area contributed by atoms with E-state index in [9.17, 15) is 14.4 Å². The zero-order valence-electron chi connectivity index (χ0n) is 18.0. The zero-order chi connectivity index (χ0) is 22.5. The molecule has 164 valence electrons. The topological polar surface area (TPSA) is 110 Å². The Morgan fingerprint density at radius 2 is 1.94 bits per heavy atom. The van der Waals surface area contributed by atoms with Gasteiger partial charge in [0.15, 0.2) is 10.9 Å². The summed E-state index contributed by atoms with van der Waals surface area (Å²) < 4.78 is 6.63. The van der Waals surface area contributed by atoms with Gasteiger partial charge in [-0.15, -0.1) is 5.10 Å². The number of rotatable bonds is 9. The molecular weight excluding hydrogens is 416 g/mol. The number of aromatic amines is 2. The Hall–Kier alpha value is -3.07. The van der Waals surface area contributed by atoms with Gasteiger partial charge in [-0.1, -0.05) is 42.1 Å². The van der Waals surface area contributed by atoms with E-state index in [0.29, 0.717) is 40.6 Å². The molecule has 1 atom stereocenters. The molecule has 1 aromatic carbocycles. The predicted octanol–water partition coefficient (Wildman–Crippen LogP) is 3.30. The van der Waals surface area contributed by atoms with Crippen LogP contribution in [0.3, 0.4) is 0 Å². The van der Waals surface area contributed by atoms with E-state index in [-0.39, 0.29) is 18.1 Å². The fourth-order valence-electron chi connectivity index (χ4n) is 3.40. The summed E-state index contributed by atoms with van der Waals surface area (Å²) in [5, 5.41) is 6.50. The van der Waals surface area contributed by atoms with E-state index in [1.54, 1.807) is 27.7 Å². The number of esters is 1. The average molecular weight is 443 g/mol. The van der Waals surface area contributed by atoms with Crippen molar-refractivity contribution in [1.29, 1.82) is 0 Å². The number of aromatic nitrogens is 4. The molecule has 8 nitrogen and oxygen atoms in total. The third-order valence-electron chi connectivity index (χ3n) is 5.01. The molecule has 3 aromatic rings. The molecule has 0 bridgehead atoms. The van der Waals surface area contributed by atoms with Crippen LogP contribution in [0.2, 0.25) is 0 Å². The number of carbonyl (C=O) groups excluding carboxylic acids is 2. The Labute approximate surface area is 184 Å². The lowest BCUT2D eigenvalue weighted by atomic mass is 10.1. The number of ether oxygens (including phenoxy) is 1. The molecule has 3 rings (SSSR count). The van der Waals surface area contributed by atoms with Crippen LogP contribution in [0.15, 0.2) is 40.3 Å². The van der Waals surface area contributed by atoms with Crippen LogP contribution in [0, 0.1) is 13.8 Å². The summed E-state index contributed by atoms with van der Waals surface area (Å²) in [4.78, 5) is 40.5. The number of hydrogen-bond donors (Lipinski definition) is 2. The van der Waals surface area contributed by atoms with Gasteiger partial charge in [0, 0.05) is 12.2 Å². The van der Waals surface area contributed by atoms with Crippen molar-refractivity contribution < 1.29 is 14.3 Å². The van der Waals surface area contributed by atoms with Crippen molar-refractivity contribution in [2.24, 2.45) is 0 Å². The summed E-state index contributed by atoms with van der Waals surface area (Å²) in [6.45, 7) is 7.68. The van der Waals surface area contributed by atoms with E-state index >= 15 is 0 Å². The Balaban J connectivity index is 1.76. The Kier molecular flexibility index (Phi) is 7.17. The number of nitrogens with one attached hydrogen (secondary N) is 2. The molecule has 0 radical (unpaired) electrons. The first-order valence-electron chi connectivity index (χ1n) is 10.1. The van der Waals surface area contributed by atoms with Gasteiger partial charge in [-0.3, -0.25) is 9.36 Å². The first-order chi connectivity index (χ1) is 14.8. The van der Waals surface area contributed by atoms with Gasteiger partial charge in [-0.05, 0) is 45.2 Å². The Bertz CT molecular complexity index is 1130. The molecule has 9 heteroatoms. The third kappa shape index (κ3) is 4.99. The van der Waals surface area contributed by atoms with Crippen LogP contribution in [0.25, 0.3) is 0 Å². The van der Waals surface area contributed by atoms with Crippen LogP contribution < -0.4 is 5.69 Å². The molecule has 0 fully saturated rings. The van der Waals surface area contributed by atoms with E-state index in [0.717, 1.165) is 5.56 Å². The van der Waals surface area contributed by atoms with Crippen LogP contribution in [0.1, 0.15) is 51.5 Å². The molecule has 2 aromatic heterocycles. The van der Waals surface area contributed by atoms with E-state index in [2.05, 4.69) is 15.2 Å². The highest BCUT2D eigenvalue weighted by Gasteiger charge is 2.27. The first-order valence-corrected chi connectivity index (χ1v) is 11.0. The molecule has 2 heterocycles. The molecule has 1 unspecified atom stereocenters. The normalized spacial score (nSPS) is 12.0. The van der Waals surface area contributed by atoms with Gasteiger partial charge in [-0.2, -0.15) is 0 Å². The van der Waals surface area contributed by atoms with Gasteiger partial charge in [0.1, 0.15) is 0 Å². The number of benzene rings is 1.